The molecule has 102 valence electrons. The zero-order chi connectivity index (χ0) is 14.2. The fourth-order valence-electron chi connectivity index (χ4n) is 2.26. The second kappa shape index (κ2) is 4.81. The molecule has 1 aromatic carbocycles. The smallest absolute Gasteiger partial charge is 0.287 e. The standard InChI is InChI=1S/C13H15ClN2O3/c1-13(2)5-6-15(8-13)12(17)9-3-4-11(16(18)19)10(14)7-9/h3-4,7H,5-6,8H2,1-2H3. The molecule has 0 radical (unpaired) electrons. The van der Waals surface area contributed by atoms with Gasteiger partial charge >= 0.3 is 0 Å². The number of hydrogen-bond donors (Lipinski definition) is 0. The van der Waals surface area contributed by atoms with Crippen LogP contribution in [0.4, 0.5) is 5.69 Å². The number of rotatable bonds is 2. The van der Waals surface area contributed by atoms with Crippen LogP contribution in [0, 0.1) is 15.5 Å². The van der Waals surface area contributed by atoms with E-state index in [1.807, 2.05) is 0 Å². The second-order valence-electron chi connectivity index (χ2n) is 5.56. The number of halogens is 1. The molecule has 0 N–H and O–H groups in total. The van der Waals surface area contributed by atoms with Crippen LogP contribution in [0.2, 0.25) is 5.02 Å². The largest absolute Gasteiger partial charge is 0.338 e. The number of benzene rings is 1. The van der Waals surface area contributed by atoms with Crippen LogP contribution >= 0.6 is 11.6 Å². The molecular weight excluding hydrogens is 268 g/mol. The van der Waals surface area contributed by atoms with Crippen LogP contribution in [0.3, 0.4) is 0 Å². The highest BCUT2D eigenvalue weighted by molar-refractivity contribution is 6.33. The molecule has 0 saturated carbocycles. The van der Waals surface area contributed by atoms with Gasteiger partial charge in [-0.25, -0.2) is 0 Å². The van der Waals surface area contributed by atoms with Gasteiger partial charge in [0, 0.05) is 24.7 Å². The minimum atomic E-state index is -0.560. The van der Waals surface area contributed by atoms with E-state index in [-0.39, 0.29) is 22.0 Å². The summed E-state index contributed by atoms with van der Waals surface area (Å²) in [5.74, 6) is -0.123. The van der Waals surface area contributed by atoms with Crippen molar-refractivity contribution < 1.29 is 9.72 Å². The van der Waals surface area contributed by atoms with Crippen molar-refractivity contribution in [3.05, 3.63) is 38.9 Å². The number of carbonyl (C=O) groups is 1. The highest BCUT2D eigenvalue weighted by Crippen LogP contribution is 2.31. The molecule has 1 aliphatic heterocycles. The molecule has 2 rings (SSSR count). The van der Waals surface area contributed by atoms with Crippen molar-refractivity contribution in [1.29, 1.82) is 0 Å². The van der Waals surface area contributed by atoms with Gasteiger partial charge < -0.3 is 4.90 Å². The number of carbonyl (C=O) groups excluding carboxylic acids is 1. The van der Waals surface area contributed by atoms with Crippen molar-refractivity contribution in [2.75, 3.05) is 13.1 Å². The fourth-order valence-corrected chi connectivity index (χ4v) is 2.51. The van der Waals surface area contributed by atoms with Crippen molar-refractivity contribution in [1.82, 2.24) is 4.90 Å². The van der Waals surface area contributed by atoms with Gasteiger partial charge in [-0.1, -0.05) is 25.4 Å². The second-order valence-corrected chi connectivity index (χ2v) is 5.97. The third kappa shape index (κ3) is 2.87. The third-order valence-corrected chi connectivity index (χ3v) is 3.66. The van der Waals surface area contributed by atoms with Gasteiger partial charge in [-0.3, -0.25) is 14.9 Å². The van der Waals surface area contributed by atoms with E-state index in [1.54, 1.807) is 4.90 Å². The summed E-state index contributed by atoms with van der Waals surface area (Å²) in [6.07, 6.45) is 0.958. The van der Waals surface area contributed by atoms with E-state index in [0.29, 0.717) is 18.7 Å². The van der Waals surface area contributed by atoms with Crippen LogP contribution in [-0.4, -0.2) is 28.8 Å². The summed E-state index contributed by atoms with van der Waals surface area (Å²) < 4.78 is 0. The summed E-state index contributed by atoms with van der Waals surface area (Å²) in [6, 6.07) is 4.10. The minimum absolute atomic E-state index is 0.00527. The molecule has 0 atom stereocenters. The normalized spacial score (nSPS) is 17.5. The van der Waals surface area contributed by atoms with Gasteiger partial charge in [0.2, 0.25) is 0 Å². The topological polar surface area (TPSA) is 63.5 Å². The van der Waals surface area contributed by atoms with Crippen molar-refractivity contribution >= 4 is 23.2 Å². The van der Waals surface area contributed by atoms with Gasteiger partial charge in [-0.05, 0) is 24.0 Å². The van der Waals surface area contributed by atoms with Gasteiger partial charge in [0.1, 0.15) is 5.02 Å². The Morgan fingerprint density at radius 3 is 2.63 bits per heavy atom. The molecule has 0 bridgehead atoms. The first-order chi connectivity index (χ1) is 8.80. The summed E-state index contributed by atoms with van der Waals surface area (Å²) in [5, 5.41) is 10.7. The molecule has 1 saturated heterocycles. The SMILES string of the molecule is CC1(C)CCN(C(=O)c2ccc([N+](=O)[O-])c(Cl)c2)C1. The monoisotopic (exact) mass is 282 g/mol. The summed E-state index contributed by atoms with van der Waals surface area (Å²) in [6.45, 7) is 5.63. The quantitative estimate of drug-likeness (QED) is 0.618. The van der Waals surface area contributed by atoms with Crippen LogP contribution in [-0.2, 0) is 0 Å². The molecule has 1 amide bonds. The highest BCUT2D eigenvalue weighted by Gasteiger charge is 2.32. The Kier molecular flexibility index (Phi) is 3.49. The lowest BCUT2D eigenvalue weighted by atomic mass is 9.93. The van der Waals surface area contributed by atoms with Crippen LogP contribution in [0.25, 0.3) is 0 Å². The van der Waals surface area contributed by atoms with Gasteiger partial charge in [-0.2, -0.15) is 0 Å². The van der Waals surface area contributed by atoms with Crippen LogP contribution in [0.1, 0.15) is 30.6 Å². The lowest BCUT2D eigenvalue weighted by Crippen LogP contribution is -2.30. The summed E-state index contributed by atoms with van der Waals surface area (Å²) in [5.41, 5.74) is 0.341. The molecule has 1 heterocycles. The highest BCUT2D eigenvalue weighted by atomic mass is 35.5. The first-order valence-electron chi connectivity index (χ1n) is 6.03. The van der Waals surface area contributed by atoms with Crippen molar-refractivity contribution in [3.63, 3.8) is 0 Å². The van der Waals surface area contributed by atoms with Crippen LogP contribution in [0.15, 0.2) is 18.2 Å². The number of nitrogens with zero attached hydrogens (tertiary/aromatic N) is 2. The van der Waals surface area contributed by atoms with E-state index in [9.17, 15) is 14.9 Å². The van der Waals surface area contributed by atoms with Crippen LogP contribution < -0.4 is 0 Å². The van der Waals surface area contributed by atoms with E-state index in [2.05, 4.69) is 13.8 Å². The predicted molar refractivity (Wildman–Crippen MR) is 72.4 cm³/mol. The van der Waals surface area contributed by atoms with Crippen molar-refractivity contribution in [3.8, 4) is 0 Å². The van der Waals surface area contributed by atoms with Crippen LogP contribution in [0.5, 0.6) is 0 Å². The van der Waals surface area contributed by atoms with E-state index in [1.165, 1.54) is 18.2 Å². The molecule has 1 aliphatic rings. The molecule has 6 heteroatoms. The Morgan fingerprint density at radius 2 is 2.16 bits per heavy atom. The third-order valence-electron chi connectivity index (χ3n) is 3.36. The van der Waals surface area contributed by atoms with Gasteiger partial charge in [-0.15, -0.1) is 0 Å². The minimum Gasteiger partial charge on any atom is -0.338 e. The number of likely N-dealkylation sites (tertiary alicyclic amines) is 1. The van der Waals surface area contributed by atoms with E-state index < -0.39 is 4.92 Å². The molecule has 1 aromatic rings. The number of amides is 1. The fraction of sp³-hybridized carbons (Fsp3) is 0.462. The Balaban J connectivity index is 2.21. The first kappa shape index (κ1) is 13.8. The summed E-state index contributed by atoms with van der Waals surface area (Å²) >= 11 is 5.82. The Labute approximate surface area is 116 Å². The lowest BCUT2D eigenvalue weighted by molar-refractivity contribution is -0.384. The maximum absolute atomic E-state index is 12.3. The number of nitro groups is 1. The van der Waals surface area contributed by atoms with Crippen molar-refractivity contribution in [2.24, 2.45) is 5.41 Å². The zero-order valence-electron chi connectivity index (χ0n) is 10.9. The maximum atomic E-state index is 12.3. The summed E-state index contributed by atoms with van der Waals surface area (Å²) in [7, 11) is 0. The summed E-state index contributed by atoms with van der Waals surface area (Å²) in [4.78, 5) is 24.1. The molecule has 5 nitrogen and oxygen atoms in total. The lowest BCUT2D eigenvalue weighted by Gasteiger charge is -2.19. The number of nitro benzene ring substituents is 1. The molecule has 0 aromatic heterocycles. The average molecular weight is 283 g/mol. The number of hydrogen-bond acceptors (Lipinski definition) is 3. The Bertz CT molecular complexity index is 543. The molecule has 0 unspecified atom stereocenters. The van der Waals surface area contributed by atoms with E-state index in [0.717, 1.165) is 6.42 Å². The molecule has 1 fully saturated rings. The first-order valence-corrected chi connectivity index (χ1v) is 6.41. The molecule has 19 heavy (non-hydrogen) atoms. The Morgan fingerprint density at radius 1 is 1.47 bits per heavy atom. The van der Waals surface area contributed by atoms with E-state index in [4.69, 9.17) is 11.6 Å². The van der Waals surface area contributed by atoms with Gasteiger partial charge in [0.15, 0.2) is 0 Å². The average Bonchev–Trinajstić information content (AvgIpc) is 2.68. The van der Waals surface area contributed by atoms with Gasteiger partial charge in [0.25, 0.3) is 11.6 Å². The van der Waals surface area contributed by atoms with Gasteiger partial charge in [0.05, 0.1) is 4.92 Å². The predicted octanol–water partition coefficient (Wildman–Crippen LogP) is 3.12. The Hall–Kier alpha value is -1.62. The maximum Gasteiger partial charge on any atom is 0.287 e. The molecular formula is C13H15ClN2O3. The zero-order valence-corrected chi connectivity index (χ0v) is 11.6. The molecule has 0 spiro atoms. The van der Waals surface area contributed by atoms with E-state index >= 15 is 0 Å². The molecule has 0 aliphatic carbocycles. The van der Waals surface area contributed by atoms with Crippen molar-refractivity contribution in [2.45, 2.75) is 20.3 Å².